The van der Waals surface area contributed by atoms with Gasteiger partial charge in [-0.15, -0.1) is 0 Å². The maximum Gasteiger partial charge on any atom is 0.303 e. The number of rotatable bonds is 4. The summed E-state index contributed by atoms with van der Waals surface area (Å²) in [6, 6.07) is 7.27. The molecule has 0 aliphatic rings. The molecule has 0 radical (unpaired) electrons. The Balaban J connectivity index is 0. The molecule has 0 spiro atoms. The third-order valence-electron chi connectivity index (χ3n) is 2.06. The molecule has 0 aliphatic carbocycles. The van der Waals surface area contributed by atoms with Crippen LogP contribution in [0.5, 0.6) is 0 Å². The van der Waals surface area contributed by atoms with Crippen LogP contribution in [0, 0.1) is 0 Å². The van der Waals surface area contributed by atoms with E-state index in [0.717, 1.165) is 11.1 Å². The lowest BCUT2D eigenvalue weighted by Crippen LogP contribution is -1.91. The zero-order valence-electron chi connectivity index (χ0n) is 11.7. The van der Waals surface area contributed by atoms with Crippen molar-refractivity contribution < 1.29 is 30.0 Å². The van der Waals surface area contributed by atoms with Gasteiger partial charge in [0.1, 0.15) is 0 Å². The molecular weight excluding hydrogens is 264 g/mol. The highest BCUT2D eigenvalue weighted by Gasteiger charge is 1.95. The van der Waals surface area contributed by atoms with Crippen LogP contribution in [0.2, 0.25) is 0 Å². The van der Waals surface area contributed by atoms with Gasteiger partial charge in [0.25, 0.3) is 0 Å². The van der Waals surface area contributed by atoms with Crippen molar-refractivity contribution in [1.29, 1.82) is 0 Å². The van der Waals surface area contributed by atoms with E-state index in [0.29, 0.717) is 0 Å². The van der Waals surface area contributed by atoms with E-state index < -0.39 is 11.9 Å². The maximum absolute atomic E-state index is 9.37. The Morgan fingerprint density at radius 3 is 1.25 bits per heavy atom. The highest BCUT2D eigenvalue weighted by Crippen LogP contribution is 2.07. The Kier molecular flexibility index (Phi) is 13.8. The van der Waals surface area contributed by atoms with E-state index in [1.165, 1.54) is 0 Å². The predicted octanol–water partition coefficient (Wildman–Crippen LogP) is 1.63. The molecule has 20 heavy (non-hydrogen) atoms. The van der Waals surface area contributed by atoms with Crippen LogP contribution in [0.1, 0.15) is 37.8 Å². The summed E-state index contributed by atoms with van der Waals surface area (Å²) in [7, 11) is 0. The number of benzene rings is 1. The average Bonchev–Trinajstić information content (AvgIpc) is 2.48. The summed E-state index contributed by atoms with van der Waals surface area (Å²) in [6.07, 6.45) is 0.444. The van der Waals surface area contributed by atoms with Crippen LogP contribution in [0.3, 0.4) is 0 Å². The van der Waals surface area contributed by atoms with E-state index in [4.69, 9.17) is 20.4 Å². The molecule has 1 aromatic carbocycles. The predicted molar refractivity (Wildman–Crippen MR) is 74.1 cm³/mol. The first-order valence-electron chi connectivity index (χ1n) is 6.14. The molecule has 114 valence electrons. The largest absolute Gasteiger partial charge is 0.481 e. The summed E-state index contributed by atoms with van der Waals surface area (Å²) in [5.74, 6) is -1.49. The molecule has 0 unspecified atom stereocenters. The van der Waals surface area contributed by atoms with Crippen molar-refractivity contribution in [1.82, 2.24) is 0 Å². The summed E-state index contributed by atoms with van der Waals surface area (Å²) in [5, 5.41) is 32.9. The number of carbonyl (C=O) groups is 2. The molecule has 6 heteroatoms. The normalized spacial score (nSPS) is 8.60. The van der Waals surface area contributed by atoms with E-state index in [1.54, 1.807) is 26.0 Å². The van der Waals surface area contributed by atoms with Crippen LogP contribution >= 0.6 is 0 Å². The van der Waals surface area contributed by atoms with E-state index in [-0.39, 0.29) is 26.1 Å². The third-order valence-corrected chi connectivity index (χ3v) is 2.06. The number of hydrogen-bond acceptors (Lipinski definition) is 4. The van der Waals surface area contributed by atoms with Gasteiger partial charge in [0, 0.05) is 12.8 Å². The van der Waals surface area contributed by atoms with Crippen molar-refractivity contribution in [3.63, 3.8) is 0 Å². The van der Waals surface area contributed by atoms with Gasteiger partial charge >= 0.3 is 11.9 Å². The van der Waals surface area contributed by atoms with E-state index in [9.17, 15) is 9.59 Å². The number of carboxylic acid groups (broad SMARTS) is 2. The summed E-state index contributed by atoms with van der Waals surface area (Å²) < 4.78 is 0. The van der Waals surface area contributed by atoms with Gasteiger partial charge in [-0.25, -0.2) is 0 Å². The quantitative estimate of drug-likeness (QED) is 0.668. The molecule has 1 rings (SSSR count). The zero-order valence-corrected chi connectivity index (χ0v) is 11.7. The van der Waals surface area contributed by atoms with Crippen molar-refractivity contribution in [2.75, 3.05) is 0 Å². The zero-order chi connectivity index (χ0) is 16.0. The van der Waals surface area contributed by atoms with Gasteiger partial charge in [-0.2, -0.15) is 0 Å². The lowest BCUT2D eigenvalue weighted by atomic mass is 10.1. The molecule has 0 aromatic heterocycles. The molecule has 0 aliphatic heterocycles. The molecule has 0 atom stereocenters. The van der Waals surface area contributed by atoms with Crippen LogP contribution in [0.25, 0.3) is 0 Å². The van der Waals surface area contributed by atoms with E-state index in [1.807, 2.05) is 12.1 Å². The van der Waals surface area contributed by atoms with Crippen LogP contribution in [0.4, 0.5) is 0 Å². The first kappa shape index (κ1) is 20.4. The lowest BCUT2D eigenvalue weighted by Gasteiger charge is -2.01. The number of carboxylic acids is 2. The first-order valence-corrected chi connectivity index (χ1v) is 6.14. The summed E-state index contributed by atoms with van der Waals surface area (Å²) in [5.41, 5.74) is 1.59. The second-order valence-corrected chi connectivity index (χ2v) is 3.58. The molecule has 6 nitrogen and oxygen atoms in total. The molecule has 1 aromatic rings. The molecule has 0 fully saturated rings. The number of aliphatic hydroxyl groups excluding tert-OH is 2. The topological polar surface area (TPSA) is 115 Å². The number of aliphatic hydroxyl groups is 2. The van der Waals surface area contributed by atoms with Crippen LogP contribution in [-0.2, 0) is 22.8 Å². The van der Waals surface area contributed by atoms with Gasteiger partial charge in [-0.05, 0) is 11.1 Å². The van der Waals surface area contributed by atoms with Gasteiger partial charge in [0.05, 0.1) is 13.2 Å². The maximum atomic E-state index is 9.37. The minimum Gasteiger partial charge on any atom is -0.481 e. The first-order chi connectivity index (χ1) is 9.42. The summed E-state index contributed by atoms with van der Waals surface area (Å²) >= 11 is 0. The van der Waals surface area contributed by atoms with Gasteiger partial charge in [0.2, 0.25) is 0 Å². The van der Waals surface area contributed by atoms with Crippen LogP contribution in [0.15, 0.2) is 24.3 Å². The molecule has 0 amide bonds. The highest BCUT2D eigenvalue weighted by molar-refractivity contribution is 5.66. The van der Waals surface area contributed by atoms with Crippen molar-refractivity contribution >= 4 is 11.9 Å². The van der Waals surface area contributed by atoms with Crippen molar-refractivity contribution in [2.24, 2.45) is 0 Å². The minimum atomic E-state index is -0.745. The molecule has 0 saturated heterocycles. The fourth-order valence-electron chi connectivity index (χ4n) is 0.866. The Morgan fingerprint density at radius 2 is 1.10 bits per heavy atom. The highest BCUT2D eigenvalue weighted by atomic mass is 16.4. The average molecular weight is 286 g/mol. The summed E-state index contributed by atoms with van der Waals surface area (Å²) in [4.78, 5) is 18.7. The van der Waals surface area contributed by atoms with Gasteiger partial charge in [0.15, 0.2) is 0 Å². The fraction of sp³-hybridized carbons (Fsp3) is 0.429. The lowest BCUT2D eigenvalue weighted by molar-refractivity contribution is -0.137. The van der Waals surface area contributed by atoms with E-state index in [2.05, 4.69) is 0 Å². The third kappa shape index (κ3) is 12.5. The van der Waals surface area contributed by atoms with Gasteiger partial charge < -0.3 is 20.4 Å². The molecule has 4 N–H and O–H groups in total. The standard InChI is InChI=1S/C8H10O2.2C3H6O2/c9-5-7-3-1-2-4-8(7)6-10;2*1-2-3(4)5/h1-4,9-10H,5-6H2;2*2H2,1H3,(H,4,5). The molecule has 0 heterocycles. The Morgan fingerprint density at radius 1 is 0.850 bits per heavy atom. The SMILES string of the molecule is CCC(=O)O.CCC(=O)O.OCc1ccccc1CO. The monoisotopic (exact) mass is 286 g/mol. The number of aliphatic carboxylic acids is 2. The Labute approximate surface area is 118 Å². The van der Waals surface area contributed by atoms with Crippen molar-refractivity contribution in [2.45, 2.75) is 39.9 Å². The van der Waals surface area contributed by atoms with Gasteiger partial charge in [-0.1, -0.05) is 38.1 Å². The molecule has 0 saturated carbocycles. The summed E-state index contributed by atoms with van der Waals surface area (Å²) in [6.45, 7) is 3.19. The van der Waals surface area contributed by atoms with Crippen molar-refractivity contribution in [3.05, 3.63) is 35.4 Å². The Bertz CT molecular complexity index is 352. The van der Waals surface area contributed by atoms with Crippen LogP contribution < -0.4 is 0 Å². The van der Waals surface area contributed by atoms with Crippen LogP contribution in [-0.4, -0.2) is 32.4 Å². The molecule has 0 bridgehead atoms. The minimum absolute atomic E-state index is 0.00324. The fourth-order valence-corrected chi connectivity index (χ4v) is 0.866. The van der Waals surface area contributed by atoms with Crippen molar-refractivity contribution in [3.8, 4) is 0 Å². The Hall–Kier alpha value is -1.92. The smallest absolute Gasteiger partial charge is 0.303 e. The molecular formula is C14H22O6. The second-order valence-electron chi connectivity index (χ2n) is 3.58. The number of hydrogen-bond donors (Lipinski definition) is 4. The second kappa shape index (κ2) is 13.5. The van der Waals surface area contributed by atoms with Gasteiger partial charge in [-0.3, -0.25) is 9.59 Å². The van der Waals surface area contributed by atoms with E-state index >= 15 is 0 Å².